The van der Waals surface area contributed by atoms with Crippen LogP contribution in [-0.4, -0.2) is 42.8 Å². The van der Waals surface area contributed by atoms with Crippen molar-refractivity contribution in [3.05, 3.63) is 59.7 Å². The van der Waals surface area contributed by atoms with E-state index in [1.807, 2.05) is 25.3 Å². The number of aromatic amines is 1. The molecule has 7 nitrogen and oxygen atoms in total. The van der Waals surface area contributed by atoms with Crippen molar-refractivity contribution in [2.75, 3.05) is 13.2 Å². The predicted octanol–water partition coefficient (Wildman–Crippen LogP) is 2.51. The van der Waals surface area contributed by atoms with Crippen molar-refractivity contribution in [3.8, 4) is 5.75 Å². The number of aryl methyl sites for hydroxylation is 1. The number of nitrogens with zero attached hydrogens (tertiary/aromatic N) is 5. The minimum Gasteiger partial charge on any atom is -0.493 e. The zero-order chi connectivity index (χ0) is 17.9. The number of hydrogen-bond donors (Lipinski definition) is 1. The summed E-state index contributed by atoms with van der Waals surface area (Å²) in [6, 6.07) is 6.14. The molecule has 4 rings (SSSR count). The van der Waals surface area contributed by atoms with Gasteiger partial charge in [-0.25, -0.2) is 4.98 Å². The Labute approximate surface area is 153 Å². The van der Waals surface area contributed by atoms with E-state index in [1.165, 1.54) is 5.69 Å². The molecule has 1 aliphatic heterocycles. The number of rotatable bonds is 6. The normalized spacial score (nSPS) is 17.2. The molecule has 0 aliphatic carbocycles. The highest BCUT2D eigenvalue weighted by molar-refractivity contribution is 5.17. The summed E-state index contributed by atoms with van der Waals surface area (Å²) in [7, 11) is 0. The first-order valence-corrected chi connectivity index (χ1v) is 9.03. The van der Waals surface area contributed by atoms with E-state index in [0.29, 0.717) is 6.61 Å². The Kier molecular flexibility index (Phi) is 4.71. The van der Waals surface area contributed by atoms with Crippen LogP contribution in [-0.2, 0) is 19.5 Å². The lowest BCUT2D eigenvalue weighted by Gasteiger charge is -2.33. The standard InChI is InChI=1S/C19H24N6O/c1-14-11-16(23-22-14)13-24-8-9-25-17(12-21-19(25)15(24)2)5-10-26-18-3-6-20-7-4-18/h3-4,6-7,11-12,15H,5,8-10,13H2,1-2H3,(H,22,23). The van der Waals surface area contributed by atoms with Crippen LogP contribution in [0.2, 0.25) is 0 Å². The highest BCUT2D eigenvalue weighted by Gasteiger charge is 2.27. The second kappa shape index (κ2) is 7.29. The van der Waals surface area contributed by atoms with Crippen LogP contribution in [0.15, 0.2) is 36.8 Å². The van der Waals surface area contributed by atoms with Gasteiger partial charge in [-0.3, -0.25) is 15.0 Å². The molecule has 0 bridgehead atoms. The third-order valence-corrected chi connectivity index (χ3v) is 4.90. The minimum atomic E-state index is 0.274. The summed E-state index contributed by atoms with van der Waals surface area (Å²) in [5.41, 5.74) is 3.42. The highest BCUT2D eigenvalue weighted by Crippen LogP contribution is 2.26. The average molecular weight is 352 g/mol. The summed E-state index contributed by atoms with van der Waals surface area (Å²) < 4.78 is 8.14. The van der Waals surface area contributed by atoms with Crippen LogP contribution in [0.3, 0.4) is 0 Å². The summed E-state index contributed by atoms with van der Waals surface area (Å²) in [5, 5.41) is 7.38. The van der Waals surface area contributed by atoms with Crippen LogP contribution < -0.4 is 4.74 Å². The Morgan fingerprint density at radius 3 is 2.88 bits per heavy atom. The number of hydrogen-bond acceptors (Lipinski definition) is 5. The van der Waals surface area contributed by atoms with Gasteiger partial charge in [0.1, 0.15) is 11.6 Å². The molecule has 3 aromatic rings. The molecular formula is C19H24N6O. The van der Waals surface area contributed by atoms with E-state index in [-0.39, 0.29) is 6.04 Å². The molecule has 0 fully saturated rings. The molecule has 0 saturated carbocycles. The van der Waals surface area contributed by atoms with Gasteiger partial charge in [-0.1, -0.05) is 0 Å². The SMILES string of the molecule is Cc1cc(CN2CCn3c(CCOc4ccncc4)cnc3C2C)n[nH]1. The summed E-state index contributed by atoms with van der Waals surface area (Å²) in [6.07, 6.45) is 6.32. The lowest BCUT2D eigenvalue weighted by Crippen LogP contribution is -2.37. The third kappa shape index (κ3) is 3.48. The monoisotopic (exact) mass is 352 g/mol. The number of ether oxygens (including phenoxy) is 1. The number of pyridine rings is 1. The lowest BCUT2D eigenvalue weighted by molar-refractivity contribution is 0.153. The Balaban J connectivity index is 1.39. The van der Waals surface area contributed by atoms with Crippen LogP contribution in [0.1, 0.15) is 35.9 Å². The molecule has 0 radical (unpaired) electrons. The molecule has 1 aliphatic rings. The molecule has 0 spiro atoms. The van der Waals surface area contributed by atoms with Crippen molar-refractivity contribution in [1.29, 1.82) is 0 Å². The Morgan fingerprint density at radius 1 is 1.27 bits per heavy atom. The second-order valence-corrected chi connectivity index (χ2v) is 6.73. The van der Waals surface area contributed by atoms with Crippen molar-refractivity contribution in [1.82, 2.24) is 29.6 Å². The van der Waals surface area contributed by atoms with Crippen LogP contribution >= 0.6 is 0 Å². The van der Waals surface area contributed by atoms with Gasteiger partial charge in [0.2, 0.25) is 0 Å². The number of H-pyrrole nitrogens is 1. The summed E-state index contributed by atoms with van der Waals surface area (Å²) in [6.45, 7) is 7.68. The van der Waals surface area contributed by atoms with E-state index in [2.05, 4.69) is 42.6 Å². The van der Waals surface area contributed by atoms with Crippen LogP contribution in [0, 0.1) is 6.92 Å². The lowest BCUT2D eigenvalue weighted by atomic mass is 10.2. The van der Waals surface area contributed by atoms with Gasteiger partial charge in [0, 0.05) is 56.0 Å². The van der Waals surface area contributed by atoms with Crippen LogP contribution in [0.4, 0.5) is 0 Å². The largest absolute Gasteiger partial charge is 0.493 e. The topological polar surface area (TPSA) is 71.9 Å². The third-order valence-electron chi connectivity index (χ3n) is 4.90. The first-order valence-electron chi connectivity index (χ1n) is 9.03. The molecule has 3 aromatic heterocycles. The number of nitrogens with one attached hydrogen (secondary N) is 1. The van der Waals surface area contributed by atoms with Crippen molar-refractivity contribution in [3.63, 3.8) is 0 Å². The van der Waals surface area contributed by atoms with Gasteiger partial charge in [0.05, 0.1) is 18.3 Å². The summed E-state index contributed by atoms with van der Waals surface area (Å²) in [5.74, 6) is 1.98. The molecular weight excluding hydrogens is 328 g/mol. The Hall–Kier alpha value is -2.67. The highest BCUT2D eigenvalue weighted by atomic mass is 16.5. The fourth-order valence-electron chi connectivity index (χ4n) is 3.49. The maximum absolute atomic E-state index is 5.80. The molecule has 26 heavy (non-hydrogen) atoms. The molecule has 1 N–H and O–H groups in total. The molecule has 1 unspecified atom stereocenters. The fraction of sp³-hybridized carbons (Fsp3) is 0.421. The molecule has 0 aromatic carbocycles. The zero-order valence-corrected chi connectivity index (χ0v) is 15.2. The second-order valence-electron chi connectivity index (χ2n) is 6.73. The number of imidazole rings is 1. The molecule has 1 atom stereocenters. The quantitative estimate of drug-likeness (QED) is 0.738. The van der Waals surface area contributed by atoms with Gasteiger partial charge in [-0.2, -0.15) is 5.10 Å². The van der Waals surface area contributed by atoms with Crippen LogP contribution in [0.5, 0.6) is 5.75 Å². The maximum Gasteiger partial charge on any atom is 0.126 e. The molecule has 136 valence electrons. The average Bonchev–Trinajstić information content (AvgIpc) is 3.25. The van der Waals surface area contributed by atoms with Gasteiger partial charge in [0.15, 0.2) is 0 Å². The first-order chi connectivity index (χ1) is 12.7. The Morgan fingerprint density at radius 2 is 2.12 bits per heavy atom. The minimum absolute atomic E-state index is 0.274. The Bertz CT molecular complexity index is 856. The number of aromatic nitrogens is 5. The molecule has 0 saturated heterocycles. The number of fused-ring (bicyclic) bond motifs is 1. The fourth-order valence-corrected chi connectivity index (χ4v) is 3.49. The van der Waals surface area contributed by atoms with Gasteiger partial charge in [-0.15, -0.1) is 0 Å². The first kappa shape index (κ1) is 16.8. The van der Waals surface area contributed by atoms with E-state index >= 15 is 0 Å². The molecule has 7 heteroatoms. The van der Waals surface area contributed by atoms with E-state index in [4.69, 9.17) is 4.74 Å². The van der Waals surface area contributed by atoms with E-state index < -0.39 is 0 Å². The summed E-state index contributed by atoms with van der Waals surface area (Å²) in [4.78, 5) is 11.1. The van der Waals surface area contributed by atoms with E-state index in [1.54, 1.807) is 12.4 Å². The smallest absolute Gasteiger partial charge is 0.126 e. The molecule has 4 heterocycles. The van der Waals surface area contributed by atoms with E-state index in [9.17, 15) is 0 Å². The van der Waals surface area contributed by atoms with E-state index in [0.717, 1.165) is 49.0 Å². The van der Waals surface area contributed by atoms with Crippen molar-refractivity contribution in [2.24, 2.45) is 0 Å². The maximum atomic E-state index is 5.80. The van der Waals surface area contributed by atoms with Gasteiger partial charge >= 0.3 is 0 Å². The zero-order valence-electron chi connectivity index (χ0n) is 15.2. The van der Waals surface area contributed by atoms with Gasteiger partial charge in [0.25, 0.3) is 0 Å². The van der Waals surface area contributed by atoms with Gasteiger partial charge < -0.3 is 9.30 Å². The van der Waals surface area contributed by atoms with Gasteiger partial charge in [-0.05, 0) is 32.0 Å². The van der Waals surface area contributed by atoms with Crippen molar-refractivity contribution >= 4 is 0 Å². The predicted molar refractivity (Wildman–Crippen MR) is 97.8 cm³/mol. The van der Waals surface area contributed by atoms with Crippen molar-refractivity contribution in [2.45, 2.75) is 39.4 Å². The summed E-state index contributed by atoms with van der Waals surface area (Å²) >= 11 is 0. The van der Waals surface area contributed by atoms with Crippen LogP contribution in [0.25, 0.3) is 0 Å². The molecule has 0 amide bonds. The van der Waals surface area contributed by atoms with Crippen molar-refractivity contribution < 1.29 is 4.74 Å².